The Morgan fingerprint density at radius 3 is 1.56 bits per heavy atom. The molecule has 8 nitrogen and oxygen atoms in total. The van der Waals surface area contributed by atoms with Crippen LogP contribution in [0.4, 0.5) is 0 Å². The molecule has 0 aromatic heterocycles. The van der Waals surface area contributed by atoms with Gasteiger partial charge < -0.3 is 21.1 Å². The van der Waals surface area contributed by atoms with Gasteiger partial charge in [0, 0.05) is 13.0 Å². The molecular formula is C43H85N2O6P. The Morgan fingerprint density at radius 2 is 1.06 bits per heavy atom. The number of rotatable bonds is 41. The zero-order valence-electron chi connectivity index (χ0n) is 34.1. The van der Waals surface area contributed by atoms with Gasteiger partial charge in [0.1, 0.15) is 0 Å². The highest BCUT2D eigenvalue weighted by Crippen LogP contribution is 2.43. The van der Waals surface area contributed by atoms with Crippen molar-refractivity contribution >= 4 is 13.7 Å². The van der Waals surface area contributed by atoms with Gasteiger partial charge in [0.05, 0.1) is 25.4 Å². The lowest BCUT2D eigenvalue weighted by Gasteiger charge is -2.25. The van der Waals surface area contributed by atoms with Crippen LogP contribution in [0.15, 0.2) is 24.3 Å². The van der Waals surface area contributed by atoms with Crippen molar-refractivity contribution < 1.29 is 28.4 Å². The van der Waals surface area contributed by atoms with Gasteiger partial charge in [0.25, 0.3) is 0 Å². The van der Waals surface area contributed by atoms with Crippen LogP contribution in [0.1, 0.15) is 213 Å². The molecule has 9 heteroatoms. The number of unbranched alkanes of at least 4 members (excludes halogenated alkanes) is 25. The Bertz CT molecular complexity index is 871. The minimum Gasteiger partial charge on any atom is -0.391 e. The zero-order valence-corrected chi connectivity index (χ0v) is 35.0. The third-order valence-corrected chi connectivity index (χ3v) is 10.8. The van der Waals surface area contributed by atoms with Crippen LogP contribution < -0.4 is 11.1 Å². The molecule has 0 fully saturated rings. The van der Waals surface area contributed by atoms with Crippen molar-refractivity contribution in [3.8, 4) is 0 Å². The molecule has 0 aliphatic rings. The molecule has 0 saturated heterocycles. The average Bonchev–Trinajstić information content (AvgIpc) is 3.13. The summed E-state index contributed by atoms with van der Waals surface area (Å²) in [5.74, 6) is -0.169. The number of hydrogen-bond donors (Lipinski definition) is 4. The number of hydrogen-bond acceptors (Lipinski definition) is 6. The van der Waals surface area contributed by atoms with Crippen LogP contribution >= 0.6 is 7.82 Å². The SMILES string of the molecule is CCCCC/C=C\C/C=C\CCCCCCCCCC(=O)NC(COP(=O)(O)OCCN)C(O)CCCCCCCCCCCCCCCCCC. The van der Waals surface area contributed by atoms with Crippen LogP contribution in [0, 0.1) is 0 Å². The highest BCUT2D eigenvalue weighted by Gasteiger charge is 2.27. The highest BCUT2D eigenvalue weighted by molar-refractivity contribution is 7.47. The maximum atomic E-state index is 12.8. The van der Waals surface area contributed by atoms with Crippen molar-refractivity contribution in [2.75, 3.05) is 19.8 Å². The second-order valence-corrected chi connectivity index (χ2v) is 16.4. The standard InChI is InChI=1S/C43H85N2O6P/c1-3-5-7-9-11-13-15-17-19-21-23-25-27-29-31-33-35-37-43(47)45-41(40-51-52(48,49)50-39-38-44)42(46)36-34-32-30-28-26-24-22-20-18-16-14-12-10-8-6-4-2/h11,13,17,19,41-42,46H,3-10,12,14-16,18,20-40,44H2,1-2H3,(H,45,47)(H,48,49)/b13-11-,19-17-. The van der Waals surface area contributed by atoms with Crippen LogP contribution in [0.5, 0.6) is 0 Å². The second-order valence-electron chi connectivity index (χ2n) is 14.9. The Labute approximate surface area is 321 Å². The van der Waals surface area contributed by atoms with E-state index in [4.69, 9.17) is 14.8 Å². The summed E-state index contributed by atoms with van der Waals surface area (Å²) < 4.78 is 22.2. The van der Waals surface area contributed by atoms with E-state index in [1.807, 2.05) is 0 Å². The number of aliphatic hydroxyl groups is 1. The first-order valence-electron chi connectivity index (χ1n) is 22.0. The smallest absolute Gasteiger partial charge is 0.391 e. The van der Waals surface area contributed by atoms with E-state index in [1.54, 1.807) is 0 Å². The van der Waals surface area contributed by atoms with Gasteiger partial charge in [0.2, 0.25) is 5.91 Å². The van der Waals surface area contributed by atoms with E-state index in [1.165, 1.54) is 135 Å². The highest BCUT2D eigenvalue weighted by atomic mass is 31.2. The monoisotopic (exact) mass is 757 g/mol. The summed E-state index contributed by atoms with van der Waals surface area (Å²) in [6.45, 7) is 4.19. The number of allylic oxidation sites excluding steroid dienone is 4. The van der Waals surface area contributed by atoms with E-state index in [9.17, 15) is 19.4 Å². The lowest BCUT2D eigenvalue weighted by atomic mass is 10.0. The van der Waals surface area contributed by atoms with Gasteiger partial charge in [-0.1, -0.05) is 186 Å². The number of amides is 1. The molecule has 3 unspecified atom stereocenters. The summed E-state index contributed by atoms with van der Waals surface area (Å²) >= 11 is 0. The van der Waals surface area contributed by atoms with Gasteiger partial charge in [-0.2, -0.15) is 0 Å². The molecule has 0 bridgehead atoms. The fourth-order valence-electron chi connectivity index (χ4n) is 6.46. The third-order valence-electron chi connectivity index (χ3n) is 9.81. The lowest BCUT2D eigenvalue weighted by Crippen LogP contribution is -2.46. The molecule has 0 radical (unpaired) electrons. The van der Waals surface area contributed by atoms with E-state index < -0.39 is 20.0 Å². The maximum absolute atomic E-state index is 12.8. The molecule has 0 aliphatic carbocycles. The predicted molar refractivity (Wildman–Crippen MR) is 221 cm³/mol. The molecular weight excluding hydrogens is 671 g/mol. The third kappa shape index (κ3) is 37.3. The number of nitrogens with two attached hydrogens (primary N) is 1. The van der Waals surface area contributed by atoms with Crippen molar-refractivity contribution in [3.63, 3.8) is 0 Å². The van der Waals surface area contributed by atoms with Crippen LogP contribution in [-0.2, 0) is 18.4 Å². The van der Waals surface area contributed by atoms with Gasteiger partial charge >= 0.3 is 7.82 Å². The number of carbonyl (C=O) groups excluding carboxylic acids is 1. The Balaban J connectivity index is 4.16. The van der Waals surface area contributed by atoms with Crippen LogP contribution in [0.3, 0.4) is 0 Å². The van der Waals surface area contributed by atoms with Gasteiger partial charge in [-0.3, -0.25) is 13.8 Å². The predicted octanol–water partition coefficient (Wildman–Crippen LogP) is 12.2. The van der Waals surface area contributed by atoms with Crippen LogP contribution in [0.2, 0.25) is 0 Å². The van der Waals surface area contributed by atoms with Gasteiger partial charge in [0.15, 0.2) is 0 Å². The fraction of sp³-hybridized carbons (Fsp3) is 0.884. The Kier molecular flexibility index (Phi) is 38.9. The van der Waals surface area contributed by atoms with Crippen molar-refractivity contribution in [1.82, 2.24) is 5.32 Å². The summed E-state index contributed by atoms with van der Waals surface area (Å²) in [6, 6.07) is -0.776. The van der Waals surface area contributed by atoms with E-state index in [0.29, 0.717) is 12.8 Å². The second kappa shape index (κ2) is 39.7. The van der Waals surface area contributed by atoms with Crippen molar-refractivity contribution in [1.29, 1.82) is 0 Å². The minimum absolute atomic E-state index is 0.0880. The first-order chi connectivity index (χ1) is 25.4. The first kappa shape index (κ1) is 51.0. The minimum atomic E-state index is -4.31. The Morgan fingerprint density at radius 1 is 0.635 bits per heavy atom. The van der Waals surface area contributed by atoms with Gasteiger partial charge in [-0.05, 0) is 44.9 Å². The normalized spacial score (nSPS) is 14.3. The maximum Gasteiger partial charge on any atom is 0.472 e. The van der Waals surface area contributed by atoms with Crippen LogP contribution in [0.25, 0.3) is 0 Å². The average molecular weight is 757 g/mol. The number of carbonyl (C=O) groups is 1. The summed E-state index contributed by atoms with van der Waals surface area (Å²) in [4.78, 5) is 22.7. The van der Waals surface area contributed by atoms with Gasteiger partial charge in [-0.15, -0.1) is 0 Å². The molecule has 0 aromatic carbocycles. The summed E-state index contributed by atoms with van der Waals surface area (Å²) in [5.41, 5.74) is 5.38. The molecule has 0 heterocycles. The topological polar surface area (TPSA) is 131 Å². The fourth-order valence-corrected chi connectivity index (χ4v) is 7.22. The number of nitrogens with one attached hydrogen (secondary N) is 1. The molecule has 0 spiro atoms. The first-order valence-corrected chi connectivity index (χ1v) is 23.4. The van der Waals surface area contributed by atoms with E-state index in [2.05, 4.69) is 43.5 Å². The van der Waals surface area contributed by atoms with E-state index >= 15 is 0 Å². The largest absolute Gasteiger partial charge is 0.472 e. The molecule has 0 aliphatic heterocycles. The zero-order chi connectivity index (χ0) is 38.2. The van der Waals surface area contributed by atoms with Crippen molar-refractivity contribution in [2.24, 2.45) is 5.73 Å². The lowest BCUT2D eigenvalue weighted by molar-refractivity contribution is -0.123. The molecule has 0 saturated carbocycles. The quantitative estimate of drug-likeness (QED) is 0.0277. The summed E-state index contributed by atoms with van der Waals surface area (Å²) in [5, 5.41) is 13.8. The molecule has 1 amide bonds. The van der Waals surface area contributed by atoms with Crippen LogP contribution in [-0.4, -0.2) is 47.8 Å². The molecule has 52 heavy (non-hydrogen) atoms. The number of aliphatic hydroxyl groups excluding tert-OH is 1. The molecule has 0 rings (SSSR count). The van der Waals surface area contributed by atoms with Crippen molar-refractivity contribution in [3.05, 3.63) is 24.3 Å². The number of phosphoric acid groups is 1. The summed E-state index contributed by atoms with van der Waals surface area (Å²) in [7, 11) is -4.31. The van der Waals surface area contributed by atoms with E-state index in [-0.39, 0.29) is 25.7 Å². The molecule has 5 N–H and O–H groups in total. The summed E-state index contributed by atoms with van der Waals surface area (Å²) in [6.07, 6.45) is 44.6. The molecule has 308 valence electrons. The Hall–Kier alpha value is -1.02. The molecule has 3 atom stereocenters. The van der Waals surface area contributed by atoms with Gasteiger partial charge in [-0.25, -0.2) is 4.57 Å². The molecule has 0 aromatic rings. The van der Waals surface area contributed by atoms with E-state index in [0.717, 1.165) is 51.4 Å². The van der Waals surface area contributed by atoms with Crippen molar-refractivity contribution in [2.45, 2.75) is 225 Å². The number of phosphoric ester groups is 1.